The average molecular weight is 255 g/mol. The molecule has 0 aliphatic carbocycles. The molecule has 4 heteroatoms. The molecule has 94 valence electrons. The van der Waals surface area contributed by atoms with Crippen molar-refractivity contribution in [2.24, 2.45) is 5.73 Å². The SMILES string of the molecule is CCOc1ccc(C(N)C2CCCN2)cc1Cl. The molecular formula is C13H19ClN2O. The van der Waals surface area contributed by atoms with Crippen LogP contribution in [0, 0.1) is 0 Å². The van der Waals surface area contributed by atoms with Gasteiger partial charge in [0.25, 0.3) is 0 Å². The highest BCUT2D eigenvalue weighted by Crippen LogP contribution is 2.29. The summed E-state index contributed by atoms with van der Waals surface area (Å²) >= 11 is 6.16. The van der Waals surface area contributed by atoms with Gasteiger partial charge in [0, 0.05) is 12.1 Å². The standard InChI is InChI=1S/C13H19ClN2O/c1-2-17-12-6-5-9(8-10(12)14)13(15)11-4-3-7-16-11/h5-6,8,11,13,16H,2-4,7,15H2,1H3. The Morgan fingerprint density at radius 2 is 2.41 bits per heavy atom. The zero-order chi connectivity index (χ0) is 12.3. The topological polar surface area (TPSA) is 47.3 Å². The maximum atomic E-state index is 6.23. The number of benzene rings is 1. The number of halogens is 1. The molecule has 1 aromatic rings. The van der Waals surface area contributed by atoms with Gasteiger partial charge in [-0.25, -0.2) is 0 Å². The van der Waals surface area contributed by atoms with Crippen molar-refractivity contribution in [3.63, 3.8) is 0 Å². The van der Waals surface area contributed by atoms with Gasteiger partial charge in [0.1, 0.15) is 5.75 Å². The molecule has 1 heterocycles. The molecular weight excluding hydrogens is 236 g/mol. The fraction of sp³-hybridized carbons (Fsp3) is 0.538. The van der Waals surface area contributed by atoms with E-state index < -0.39 is 0 Å². The second-order valence-corrected chi connectivity index (χ2v) is 4.76. The number of nitrogens with two attached hydrogens (primary N) is 1. The first-order valence-corrected chi connectivity index (χ1v) is 6.51. The minimum absolute atomic E-state index is 0.00526. The summed E-state index contributed by atoms with van der Waals surface area (Å²) < 4.78 is 5.41. The fourth-order valence-electron chi connectivity index (χ4n) is 2.25. The first-order valence-electron chi connectivity index (χ1n) is 6.13. The quantitative estimate of drug-likeness (QED) is 0.868. The van der Waals surface area contributed by atoms with Crippen LogP contribution in [0.5, 0.6) is 5.75 Å². The van der Waals surface area contributed by atoms with Crippen molar-refractivity contribution in [2.75, 3.05) is 13.2 Å². The van der Waals surface area contributed by atoms with Crippen LogP contribution in [0.1, 0.15) is 31.4 Å². The van der Waals surface area contributed by atoms with Crippen molar-refractivity contribution in [3.05, 3.63) is 28.8 Å². The number of rotatable bonds is 4. The summed E-state index contributed by atoms with van der Waals surface area (Å²) in [5.74, 6) is 0.726. The third-order valence-electron chi connectivity index (χ3n) is 3.17. The number of nitrogens with one attached hydrogen (secondary N) is 1. The number of hydrogen-bond donors (Lipinski definition) is 2. The number of ether oxygens (including phenoxy) is 1. The Labute approximate surface area is 107 Å². The van der Waals surface area contributed by atoms with Crippen molar-refractivity contribution >= 4 is 11.6 Å². The van der Waals surface area contributed by atoms with Crippen LogP contribution in [0.3, 0.4) is 0 Å². The Morgan fingerprint density at radius 3 is 3.00 bits per heavy atom. The van der Waals surface area contributed by atoms with Crippen molar-refractivity contribution in [2.45, 2.75) is 31.8 Å². The van der Waals surface area contributed by atoms with Crippen molar-refractivity contribution in [1.82, 2.24) is 5.32 Å². The van der Waals surface area contributed by atoms with Crippen LogP contribution in [0.4, 0.5) is 0 Å². The summed E-state index contributed by atoms with van der Waals surface area (Å²) in [5, 5.41) is 4.05. The Morgan fingerprint density at radius 1 is 1.59 bits per heavy atom. The van der Waals surface area contributed by atoms with E-state index in [1.54, 1.807) is 0 Å². The van der Waals surface area contributed by atoms with E-state index >= 15 is 0 Å². The molecule has 1 fully saturated rings. The van der Waals surface area contributed by atoms with Gasteiger partial charge in [-0.15, -0.1) is 0 Å². The normalized spacial score (nSPS) is 21.5. The third-order valence-corrected chi connectivity index (χ3v) is 3.47. The van der Waals surface area contributed by atoms with E-state index in [0.717, 1.165) is 24.3 Å². The Kier molecular flexibility index (Phi) is 4.26. The molecule has 3 nitrogen and oxygen atoms in total. The molecule has 0 amide bonds. The summed E-state index contributed by atoms with van der Waals surface area (Å²) in [7, 11) is 0. The van der Waals surface area contributed by atoms with Gasteiger partial charge in [0.15, 0.2) is 0 Å². The Hall–Kier alpha value is -0.770. The second kappa shape index (κ2) is 5.71. The van der Waals surface area contributed by atoms with Crippen LogP contribution >= 0.6 is 11.6 Å². The molecule has 0 radical (unpaired) electrons. The highest BCUT2D eigenvalue weighted by atomic mass is 35.5. The first kappa shape index (κ1) is 12.7. The van der Waals surface area contributed by atoms with Crippen LogP contribution in [0.25, 0.3) is 0 Å². The summed E-state index contributed by atoms with van der Waals surface area (Å²) in [6.07, 6.45) is 2.33. The van der Waals surface area contributed by atoms with Gasteiger partial charge < -0.3 is 15.8 Å². The molecule has 2 unspecified atom stereocenters. The van der Waals surface area contributed by atoms with Crippen molar-refractivity contribution < 1.29 is 4.74 Å². The lowest BCUT2D eigenvalue weighted by Gasteiger charge is -2.20. The zero-order valence-electron chi connectivity index (χ0n) is 10.1. The fourth-order valence-corrected chi connectivity index (χ4v) is 2.49. The van der Waals surface area contributed by atoms with Crippen LogP contribution in [-0.2, 0) is 0 Å². The Bertz CT molecular complexity index is 378. The molecule has 3 N–H and O–H groups in total. The lowest BCUT2D eigenvalue weighted by Crippen LogP contribution is -2.34. The van der Waals surface area contributed by atoms with E-state index in [4.69, 9.17) is 22.1 Å². The molecule has 0 aromatic heterocycles. The molecule has 1 aromatic carbocycles. The maximum Gasteiger partial charge on any atom is 0.137 e. The zero-order valence-corrected chi connectivity index (χ0v) is 10.8. The summed E-state index contributed by atoms with van der Waals surface area (Å²) in [6.45, 7) is 3.62. The molecule has 1 aliphatic heterocycles. The third kappa shape index (κ3) is 2.92. The van der Waals surface area contributed by atoms with E-state index in [0.29, 0.717) is 17.7 Å². The average Bonchev–Trinajstić information content (AvgIpc) is 2.84. The van der Waals surface area contributed by atoms with Gasteiger partial charge in [-0.05, 0) is 44.0 Å². The summed E-state index contributed by atoms with van der Waals surface area (Å²) in [5.41, 5.74) is 7.30. The minimum atomic E-state index is 0.00526. The monoisotopic (exact) mass is 254 g/mol. The molecule has 1 saturated heterocycles. The van der Waals surface area contributed by atoms with E-state index in [2.05, 4.69) is 5.32 Å². The van der Waals surface area contributed by atoms with Gasteiger partial charge in [0.05, 0.1) is 11.6 Å². The molecule has 2 atom stereocenters. The predicted octanol–water partition coefficient (Wildman–Crippen LogP) is 2.49. The van der Waals surface area contributed by atoms with Crippen LogP contribution in [0.15, 0.2) is 18.2 Å². The van der Waals surface area contributed by atoms with Crippen LogP contribution in [-0.4, -0.2) is 19.2 Å². The smallest absolute Gasteiger partial charge is 0.137 e. The number of hydrogen-bond acceptors (Lipinski definition) is 3. The van der Waals surface area contributed by atoms with Gasteiger partial charge in [-0.1, -0.05) is 17.7 Å². The second-order valence-electron chi connectivity index (χ2n) is 4.35. The largest absolute Gasteiger partial charge is 0.492 e. The van der Waals surface area contributed by atoms with Crippen LogP contribution in [0.2, 0.25) is 5.02 Å². The van der Waals surface area contributed by atoms with Crippen LogP contribution < -0.4 is 15.8 Å². The van der Waals surface area contributed by atoms with Gasteiger partial charge in [-0.2, -0.15) is 0 Å². The summed E-state index contributed by atoms with van der Waals surface area (Å²) in [4.78, 5) is 0. The molecule has 17 heavy (non-hydrogen) atoms. The minimum Gasteiger partial charge on any atom is -0.492 e. The van der Waals surface area contributed by atoms with E-state index in [1.165, 1.54) is 6.42 Å². The van der Waals surface area contributed by atoms with Gasteiger partial charge in [0.2, 0.25) is 0 Å². The lowest BCUT2D eigenvalue weighted by atomic mass is 9.99. The van der Waals surface area contributed by atoms with Gasteiger partial charge in [-0.3, -0.25) is 0 Å². The van der Waals surface area contributed by atoms with E-state index in [-0.39, 0.29) is 6.04 Å². The molecule has 0 bridgehead atoms. The Balaban J connectivity index is 2.12. The molecule has 0 spiro atoms. The van der Waals surface area contributed by atoms with Crippen molar-refractivity contribution in [3.8, 4) is 5.75 Å². The molecule has 1 aliphatic rings. The van der Waals surface area contributed by atoms with E-state index in [1.807, 2.05) is 25.1 Å². The molecule has 2 rings (SSSR count). The lowest BCUT2D eigenvalue weighted by molar-refractivity contribution is 0.340. The highest BCUT2D eigenvalue weighted by Gasteiger charge is 2.23. The van der Waals surface area contributed by atoms with Gasteiger partial charge >= 0.3 is 0 Å². The molecule has 0 saturated carbocycles. The predicted molar refractivity (Wildman–Crippen MR) is 70.6 cm³/mol. The summed E-state index contributed by atoms with van der Waals surface area (Å²) in [6, 6.07) is 6.18. The highest BCUT2D eigenvalue weighted by molar-refractivity contribution is 6.32. The first-order chi connectivity index (χ1) is 8.22. The van der Waals surface area contributed by atoms with Crippen molar-refractivity contribution in [1.29, 1.82) is 0 Å². The van der Waals surface area contributed by atoms with E-state index in [9.17, 15) is 0 Å². The maximum absolute atomic E-state index is 6.23.